The number of esters is 1. The summed E-state index contributed by atoms with van der Waals surface area (Å²) in [5, 5.41) is 2.62. The molecule has 0 aliphatic carbocycles. The molecule has 7 heteroatoms. The molecule has 2 atom stereocenters. The first-order chi connectivity index (χ1) is 11.9. The maximum atomic E-state index is 12.1. The second-order valence-corrected chi connectivity index (χ2v) is 5.85. The van der Waals surface area contributed by atoms with Crippen LogP contribution in [-0.2, 0) is 25.7 Å². The standard InChI is InChI=1S/C18H26N2O5/c1-5-13(2)16(17(22)24-4)19-15(21)11-20(3)18(23)25-12-14-9-7-6-8-10-14/h6-10,13,16H,5,11-12H2,1-4H3,(H,19,21)/t13-,16+/m1/s1. The van der Waals surface area contributed by atoms with E-state index >= 15 is 0 Å². The Morgan fingerprint density at radius 1 is 1.20 bits per heavy atom. The number of carbonyl (C=O) groups is 3. The zero-order valence-corrected chi connectivity index (χ0v) is 15.2. The van der Waals surface area contributed by atoms with Crippen molar-refractivity contribution in [2.24, 2.45) is 5.92 Å². The fourth-order valence-corrected chi connectivity index (χ4v) is 2.12. The number of hydrogen-bond donors (Lipinski definition) is 1. The van der Waals surface area contributed by atoms with E-state index in [1.165, 1.54) is 14.2 Å². The minimum atomic E-state index is -0.740. The van der Waals surface area contributed by atoms with Crippen LogP contribution in [0.15, 0.2) is 30.3 Å². The molecule has 1 rings (SSSR count). The van der Waals surface area contributed by atoms with Crippen LogP contribution in [0.25, 0.3) is 0 Å². The molecule has 1 N–H and O–H groups in total. The first kappa shape index (κ1) is 20.5. The molecule has 7 nitrogen and oxygen atoms in total. The quantitative estimate of drug-likeness (QED) is 0.725. The zero-order valence-electron chi connectivity index (χ0n) is 15.2. The van der Waals surface area contributed by atoms with Gasteiger partial charge < -0.3 is 19.7 Å². The summed E-state index contributed by atoms with van der Waals surface area (Å²) in [5.74, 6) is -1.03. The van der Waals surface area contributed by atoms with E-state index in [0.717, 1.165) is 10.5 Å². The van der Waals surface area contributed by atoms with Crippen molar-refractivity contribution in [3.63, 3.8) is 0 Å². The molecule has 0 saturated heterocycles. The van der Waals surface area contributed by atoms with Gasteiger partial charge in [0.25, 0.3) is 0 Å². The molecule has 0 aliphatic rings. The van der Waals surface area contributed by atoms with Gasteiger partial charge in [-0.3, -0.25) is 4.79 Å². The van der Waals surface area contributed by atoms with Crippen LogP contribution in [0, 0.1) is 5.92 Å². The third-order valence-electron chi connectivity index (χ3n) is 3.88. The number of methoxy groups -OCH3 is 1. The second kappa shape index (κ2) is 10.3. The number of benzene rings is 1. The Bertz CT molecular complexity index is 576. The third kappa shape index (κ3) is 6.82. The molecule has 0 saturated carbocycles. The van der Waals surface area contributed by atoms with Gasteiger partial charge in [-0.2, -0.15) is 0 Å². The van der Waals surface area contributed by atoms with Crippen molar-refractivity contribution in [2.45, 2.75) is 32.9 Å². The summed E-state index contributed by atoms with van der Waals surface area (Å²) >= 11 is 0. The Labute approximate surface area is 148 Å². The monoisotopic (exact) mass is 350 g/mol. The third-order valence-corrected chi connectivity index (χ3v) is 3.88. The van der Waals surface area contributed by atoms with Crippen molar-refractivity contribution in [2.75, 3.05) is 20.7 Å². The number of hydrogen-bond acceptors (Lipinski definition) is 5. The van der Waals surface area contributed by atoms with Gasteiger partial charge in [-0.15, -0.1) is 0 Å². The molecule has 0 bridgehead atoms. The summed E-state index contributed by atoms with van der Waals surface area (Å²) in [4.78, 5) is 37.0. The van der Waals surface area contributed by atoms with Gasteiger partial charge in [0.05, 0.1) is 7.11 Å². The van der Waals surface area contributed by atoms with Crippen molar-refractivity contribution in [3.8, 4) is 0 Å². The number of likely N-dealkylation sites (N-methyl/N-ethyl adjacent to an activating group) is 1. The van der Waals surface area contributed by atoms with Crippen LogP contribution in [0.5, 0.6) is 0 Å². The predicted molar refractivity (Wildman–Crippen MR) is 92.7 cm³/mol. The van der Waals surface area contributed by atoms with Crippen molar-refractivity contribution < 1.29 is 23.9 Å². The van der Waals surface area contributed by atoms with E-state index in [9.17, 15) is 14.4 Å². The number of nitrogens with one attached hydrogen (secondary N) is 1. The van der Waals surface area contributed by atoms with Crippen LogP contribution < -0.4 is 5.32 Å². The molecule has 0 fully saturated rings. The van der Waals surface area contributed by atoms with Crippen LogP contribution in [0.1, 0.15) is 25.8 Å². The molecule has 0 radical (unpaired) electrons. The molecule has 2 amide bonds. The van der Waals surface area contributed by atoms with Gasteiger partial charge in [-0.25, -0.2) is 9.59 Å². The van der Waals surface area contributed by atoms with E-state index in [-0.39, 0.29) is 19.1 Å². The maximum Gasteiger partial charge on any atom is 0.410 e. The summed E-state index contributed by atoms with van der Waals surface area (Å²) in [6.45, 7) is 3.68. The van der Waals surface area contributed by atoms with Gasteiger partial charge in [-0.05, 0) is 11.5 Å². The summed E-state index contributed by atoms with van der Waals surface area (Å²) in [6.07, 6.45) is 0.0896. The van der Waals surface area contributed by atoms with Gasteiger partial charge in [0.15, 0.2) is 0 Å². The summed E-state index contributed by atoms with van der Waals surface area (Å²) in [5.41, 5.74) is 0.858. The predicted octanol–water partition coefficient (Wildman–Crippen LogP) is 1.96. The fourth-order valence-electron chi connectivity index (χ4n) is 2.12. The topological polar surface area (TPSA) is 84.9 Å². The Kier molecular flexibility index (Phi) is 8.46. The number of amides is 2. The molecular formula is C18H26N2O5. The molecule has 0 aromatic heterocycles. The smallest absolute Gasteiger partial charge is 0.410 e. The largest absolute Gasteiger partial charge is 0.467 e. The Balaban J connectivity index is 2.50. The SMILES string of the molecule is CC[C@@H](C)[C@H](NC(=O)CN(C)C(=O)OCc1ccccc1)C(=O)OC. The van der Waals surface area contributed by atoms with E-state index in [1.54, 1.807) is 0 Å². The summed E-state index contributed by atoms with van der Waals surface area (Å²) < 4.78 is 9.87. The normalized spacial score (nSPS) is 12.6. The molecule has 0 heterocycles. The molecule has 0 aliphatic heterocycles. The van der Waals surface area contributed by atoms with Crippen molar-refractivity contribution in [3.05, 3.63) is 35.9 Å². The van der Waals surface area contributed by atoms with Gasteiger partial charge in [0.2, 0.25) is 5.91 Å². The van der Waals surface area contributed by atoms with Crippen LogP contribution in [0.2, 0.25) is 0 Å². The average Bonchev–Trinajstić information content (AvgIpc) is 2.63. The van der Waals surface area contributed by atoms with Crippen LogP contribution in [-0.4, -0.2) is 49.6 Å². The molecule has 1 aromatic carbocycles. The molecule has 25 heavy (non-hydrogen) atoms. The number of nitrogens with zero attached hydrogens (tertiary/aromatic N) is 1. The summed E-state index contributed by atoms with van der Waals surface area (Å²) in [6, 6.07) is 8.51. The highest BCUT2D eigenvalue weighted by molar-refractivity contribution is 5.87. The van der Waals surface area contributed by atoms with Crippen LogP contribution in [0.3, 0.4) is 0 Å². The van der Waals surface area contributed by atoms with Crippen molar-refractivity contribution in [1.29, 1.82) is 0 Å². The zero-order chi connectivity index (χ0) is 18.8. The van der Waals surface area contributed by atoms with E-state index in [2.05, 4.69) is 5.32 Å². The molecule has 138 valence electrons. The minimum Gasteiger partial charge on any atom is -0.467 e. The minimum absolute atomic E-state index is 0.0771. The van der Waals surface area contributed by atoms with Crippen LogP contribution in [0.4, 0.5) is 4.79 Å². The highest BCUT2D eigenvalue weighted by Crippen LogP contribution is 2.09. The maximum absolute atomic E-state index is 12.1. The van der Waals surface area contributed by atoms with E-state index in [4.69, 9.17) is 9.47 Å². The highest BCUT2D eigenvalue weighted by Gasteiger charge is 2.27. The molecule has 1 aromatic rings. The summed E-state index contributed by atoms with van der Waals surface area (Å²) in [7, 11) is 2.74. The highest BCUT2D eigenvalue weighted by atomic mass is 16.6. The number of ether oxygens (including phenoxy) is 2. The van der Waals surface area contributed by atoms with Crippen molar-refractivity contribution >= 4 is 18.0 Å². The van der Waals surface area contributed by atoms with Gasteiger partial charge >= 0.3 is 12.1 Å². The Morgan fingerprint density at radius 2 is 1.84 bits per heavy atom. The lowest BCUT2D eigenvalue weighted by atomic mass is 9.99. The number of carbonyl (C=O) groups excluding carboxylic acids is 3. The number of rotatable bonds is 8. The lowest BCUT2D eigenvalue weighted by Crippen LogP contribution is -2.49. The van der Waals surface area contributed by atoms with Gasteiger partial charge in [0.1, 0.15) is 19.2 Å². The van der Waals surface area contributed by atoms with E-state index < -0.39 is 24.0 Å². The van der Waals surface area contributed by atoms with Gasteiger partial charge in [0, 0.05) is 7.05 Å². The molecular weight excluding hydrogens is 324 g/mol. The molecule has 0 spiro atoms. The Morgan fingerprint density at radius 3 is 2.40 bits per heavy atom. The van der Waals surface area contributed by atoms with E-state index in [1.807, 2.05) is 44.2 Å². The molecule has 0 unspecified atom stereocenters. The fraction of sp³-hybridized carbons (Fsp3) is 0.500. The lowest BCUT2D eigenvalue weighted by molar-refractivity contribution is -0.146. The second-order valence-electron chi connectivity index (χ2n) is 5.85. The van der Waals surface area contributed by atoms with Crippen LogP contribution >= 0.6 is 0 Å². The first-order valence-corrected chi connectivity index (χ1v) is 8.18. The first-order valence-electron chi connectivity index (χ1n) is 8.18. The lowest BCUT2D eigenvalue weighted by Gasteiger charge is -2.23. The van der Waals surface area contributed by atoms with Crippen molar-refractivity contribution in [1.82, 2.24) is 10.2 Å². The van der Waals surface area contributed by atoms with Gasteiger partial charge in [-0.1, -0.05) is 50.6 Å². The average molecular weight is 350 g/mol. The van der Waals surface area contributed by atoms with E-state index in [0.29, 0.717) is 6.42 Å². The Hall–Kier alpha value is -2.57.